The molecule has 4 rings (SSSR count). The second-order valence-electron chi connectivity index (χ2n) is 6.33. The van der Waals surface area contributed by atoms with Crippen LogP contribution in [0.15, 0.2) is 83.7 Å². The van der Waals surface area contributed by atoms with Crippen LogP contribution in [0.2, 0.25) is 0 Å². The zero-order valence-corrected chi connectivity index (χ0v) is 14.5. The van der Waals surface area contributed by atoms with Crippen molar-refractivity contribution in [2.24, 2.45) is 0 Å². The van der Waals surface area contributed by atoms with Gasteiger partial charge in [0.2, 0.25) is 0 Å². The summed E-state index contributed by atoms with van der Waals surface area (Å²) in [6, 6.07) is 25.1. The minimum atomic E-state index is -0.237. The van der Waals surface area contributed by atoms with Gasteiger partial charge in [0.25, 0.3) is 5.56 Å². The highest BCUT2D eigenvalue weighted by Crippen LogP contribution is 2.26. The van der Waals surface area contributed by atoms with Crippen molar-refractivity contribution < 1.29 is 0 Å². The van der Waals surface area contributed by atoms with Crippen LogP contribution in [0.3, 0.4) is 0 Å². The molecule has 0 aliphatic heterocycles. The Balaban J connectivity index is 2.03. The number of benzene rings is 3. The number of aromatic nitrogens is 2. The minimum absolute atomic E-state index is 0.0646. The summed E-state index contributed by atoms with van der Waals surface area (Å²) >= 11 is 0. The molecule has 4 aromatic rings. The fraction of sp³-hybridized carbons (Fsp3) is 0.0909. The van der Waals surface area contributed by atoms with Crippen molar-refractivity contribution >= 4 is 24.2 Å². The fourth-order valence-electron chi connectivity index (χ4n) is 3.39. The minimum Gasteiger partial charge on any atom is -0.285 e. The summed E-state index contributed by atoms with van der Waals surface area (Å²) in [4.78, 5) is 18.0. The molecule has 0 amide bonds. The van der Waals surface area contributed by atoms with Crippen LogP contribution in [-0.2, 0) is 0 Å². The molecule has 3 aromatic carbocycles. The van der Waals surface area contributed by atoms with E-state index in [9.17, 15) is 4.79 Å². The average molecular weight is 336 g/mol. The smallest absolute Gasteiger partial charge is 0.262 e. The molecule has 2 radical (unpaired) electrons. The van der Waals surface area contributed by atoms with E-state index in [0.29, 0.717) is 22.2 Å². The SMILES string of the molecule is [B]c1ccc2c(=O)n(C(c3ccccc3)c3ccccc3)c(C)nc2c1. The molecule has 0 unspecified atom stereocenters. The van der Waals surface area contributed by atoms with Gasteiger partial charge in [-0.15, -0.1) is 0 Å². The summed E-state index contributed by atoms with van der Waals surface area (Å²) in [5.41, 5.74) is 3.25. The zero-order chi connectivity index (χ0) is 18.1. The monoisotopic (exact) mass is 336 g/mol. The van der Waals surface area contributed by atoms with E-state index in [-0.39, 0.29) is 11.6 Å². The Morgan fingerprint density at radius 2 is 1.46 bits per heavy atom. The van der Waals surface area contributed by atoms with Crippen LogP contribution >= 0.6 is 0 Å². The van der Waals surface area contributed by atoms with Gasteiger partial charge in [-0.05, 0) is 30.2 Å². The lowest BCUT2D eigenvalue weighted by molar-refractivity contribution is 0.620. The second-order valence-corrected chi connectivity index (χ2v) is 6.33. The maximum atomic E-state index is 13.3. The first-order chi connectivity index (χ1) is 12.6. The second kappa shape index (κ2) is 6.64. The Morgan fingerprint density at radius 3 is 2.04 bits per heavy atom. The molecule has 124 valence electrons. The van der Waals surface area contributed by atoms with Gasteiger partial charge < -0.3 is 0 Å². The predicted molar refractivity (Wildman–Crippen MR) is 106 cm³/mol. The van der Waals surface area contributed by atoms with Gasteiger partial charge in [-0.25, -0.2) is 4.98 Å². The molecule has 4 heteroatoms. The van der Waals surface area contributed by atoms with E-state index in [1.54, 1.807) is 22.8 Å². The Labute approximate surface area is 153 Å². The van der Waals surface area contributed by atoms with E-state index in [2.05, 4.69) is 4.98 Å². The van der Waals surface area contributed by atoms with Crippen LogP contribution in [-0.4, -0.2) is 17.4 Å². The number of hydrogen-bond acceptors (Lipinski definition) is 2. The lowest BCUT2D eigenvalue weighted by Gasteiger charge is -2.23. The van der Waals surface area contributed by atoms with Crippen molar-refractivity contribution in [3.63, 3.8) is 0 Å². The zero-order valence-electron chi connectivity index (χ0n) is 14.5. The molecule has 0 aliphatic carbocycles. The average Bonchev–Trinajstić information content (AvgIpc) is 2.66. The van der Waals surface area contributed by atoms with E-state index < -0.39 is 0 Å². The Kier molecular flexibility index (Phi) is 4.17. The van der Waals surface area contributed by atoms with Gasteiger partial charge in [0, 0.05) is 0 Å². The predicted octanol–water partition coefficient (Wildman–Crippen LogP) is 3.14. The van der Waals surface area contributed by atoms with Crippen molar-refractivity contribution in [2.75, 3.05) is 0 Å². The Bertz CT molecular complexity index is 1080. The van der Waals surface area contributed by atoms with Crippen molar-refractivity contribution in [3.8, 4) is 0 Å². The van der Waals surface area contributed by atoms with E-state index in [1.807, 2.05) is 67.6 Å². The normalized spacial score (nSPS) is 11.2. The van der Waals surface area contributed by atoms with Crippen LogP contribution < -0.4 is 11.0 Å². The molecule has 3 nitrogen and oxygen atoms in total. The molecule has 0 N–H and O–H groups in total. The molecule has 26 heavy (non-hydrogen) atoms. The highest BCUT2D eigenvalue weighted by Gasteiger charge is 2.21. The lowest BCUT2D eigenvalue weighted by Crippen LogP contribution is -2.30. The Hall–Kier alpha value is -3.14. The van der Waals surface area contributed by atoms with Crippen LogP contribution in [0.1, 0.15) is 23.0 Å². The third-order valence-corrected chi connectivity index (χ3v) is 4.59. The van der Waals surface area contributed by atoms with Crippen LogP contribution in [0, 0.1) is 6.92 Å². The number of aryl methyl sites for hydroxylation is 1. The van der Waals surface area contributed by atoms with Gasteiger partial charge >= 0.3 is 0 Å². The standard InChI is InChI=1S/C22H17BN2O/c1-15-24-20-14-18(23)12-13-19(20)22(26)25(15)21(16-8-4-2-5-9-16)17-10-6-3-7-11-17/h2-14,21H,1H3. The number of rotatable bonds is 3. The van der Waals surface area contributed by atoms with Gasteiger partial charge in [0.1, 0.15) is 13.7 Å². The van der Waals surface area contributed by atoms with Gasteiger partial charge in [0.05, 0.1) is 16.9 Å². The van der Waals surface area contributed by atoms with Gasteiger partial charge in [0.15, 0.2) is 0 Å². The molecule has 0 bridgehead atoms. The lowest BCUT2D eigenvalue weighted by atomic mass is 9.95. The van der Waals surface area contributed by atoms with Crippen molar-refractivity contribution in [2.45, 2.75) is 13.0 Å². The number of hydrogen-bond donors (Lipinski definition) is 0. The van der Waals surface area contributed by atoms with E-state index in [4.69, 9.17) is 7.85 Å². The summed E-state index contributed by atoms with van der Waals surface area (Å²) in [5, 5.41) is 0.571. The number of nitrogens with zero attached hydrogens (tertiary/aromatic N) is 2. The quantitative estimate of drug-likeness (QED) is 0.539. The van der Waals surface area contributed by atoms with Crippen molar-refractivity contribution in [3.05, 3.63) is 106 Å². The molecule has 0 fully saturated rings. The first-order valence-electron chi connectivity index (χ1n) is 8.53. The van der Waals surface area contributed by atoms with E-state index >= 15 is 0 Å². The molecular weight excluding hydrogens is 319 g/mol. The maximum Gasteiger partial charge on any atom is 0.262 e. The Morgan fingerprint density at radius 1 is 0.885 bits per heavy atom. The highest BCUT2D eigenvalue weighted by molar-refractivity contribution is 6.33. The van der Waals surface area contributed by atoms with Crippen LogP contribution in [0.25, 0.3) is 10.9 Å². The van der Waals surface area contributed by atoms with Gasteiger partial charge in [-0.1, -0.05) is 72.2 Å². The largest absolute Gasteiger partial charge is 0.285 e. The molecule has 1 heterocycles. The molecule has 0 aliphatic rings. The van der Waals surface area contributed by atoms with Crippen LogP contribution in [0.5, 0.6) is 0 Å². The summed E-state index contributed by atoms with van der Waals surface area (Å²) in [7, 11) is 5.86. The molecule has 0 spiro atoms. The molecule has 0 saturated carbocycles. The van der Waals surface area contributed by atoms with E-state index in [0.717, 1.165) is 11.1 Å². The fourth-order valence-corrected chi connectivity index (χ4v) is 3.39. The first kappa shape index (κ1) is 16.3. The van der Waals surface area contributed by atoms with E-state index in [1.165, 1.54) is 0 Å². The third kappa shape index (κ3) is 2.84. The van der Waals surface area contributed by atoms with Gasteiger partial charge in [-0.2, -0.15) is 0 Å². The maximum absolute atomic E-state index is 13.3. The summed E-state index contributed by atoms with van der Waals surface area (Å²) in [6.07, 6.45) is 0. The van der Waals surface area contributed by atoms with Crippen LogP contribution in [0.4, 0.5) is 0 Å². The molecule has 0 atom stereocenters. The van der Waals surface area contributed by atoms with Gasteiger partial charge in [-0.3, -0.25) is 9.36 Å². The first-order valence-corrected chi connectivity index (χ1v) is 8.53. The third-order valence-electron chi connectivity index (χ3n) is 4.59. The number of fused-ring (bicyclic) bond motifs is 1. The summed E-state index contributed by atoms with van der Waals surface area (Å²) < 4.78 is 1.77. The summed E-state index contributed by atoms with van der Waals surface area (Å²) in [5.74, 6) is 0.658. The topological polar surface area (TPSA) is 34.9 Å². The molecule has 1 aromatic heterocycles. The summed E-state index contributed by atoms with van der Waals surface area (Å²) in [6.45, 7) is 1.86. The van der Waals surface area contributed by atoms with Crippen molar-refractivity contribution in [1.82, 2.24) is 9.55 Å². The molecular formula is C22H17BN2O. The molecule has 0 saturated heterocycles. The highest BCUT2D eigenvalue weighted by atomic mass is 16.1. The van der Waals surface area contributed by atoms with Crippen molar-refractivity contribution in [1.29, 1.82) is 0 Å².